The van der Waals surface area contributed by atoms with Crippen LogP contribution in [0.4, 0.5) is 0 Å². The summed E-state index contributed by atoms with van der Waals surface area (Å²) in [6, 6.07) is 1.59. The van der Waals surface area contributed by atoms with E-state index >= 15 is 0 Å². The number of fused-ring (bicyclic) bond motifs is 2. The van der Waals surface area contributed by atoms with Crippen LogP contribution in [0.3, 0.4) is 0 Å². The molecule has 5 heteroatoms. The molecule has 2 fully saturated rings. The molecule has 1 N–H and O–H groups in total. The van der Waals surface area contributed by atoms with Gasteiger partial charge in [-0.15, -0.1) is 11.3 Å². The minimum Gasteiger partial charge on any atom is -0.311 e. The molecule has 0 amide bonds. The van der Waals surface area contributed by atoms with Crippen molar-refractivity contribution in [3.8, 4) is 0 Å². The summed E-state index contributed by atoms with van der Waals surface area (Å²) in [7, 11) is 2.31. The average Bonchev–Trinajstić information content (AvgIpc) is 2.96. The lowest BCUT2D eigenvalue weighted by molar-refractivity contribution is 0.213. The van der Waals surface area contributed by atoms with Gasteiger partial charge in [-0.3, -0.25) is 9.80 Å². The van der Waals surface area contributed by atoms with Crippen LogP contribution in [-0.4, -0.2) is 53.5 Å². The second kappa shape index (κ2) is 6.52. The molecule has 2 unspecified atom stereocenters. The lowest BCUT2D eigenvalue weighted by Crippen LogP contribution is -2.36. The molecular weight excluding hydrogens is 268 g/mol. The molecule has 1 aromatic heterocycles. The molecule has 0 aliphatic carbocycles. The number of rotatable bonds is 5. The van der Waals surface area contributed by atoms with E-state index in [2.05, 4.69) is 34.5 Å². The Morgan fingerprint density at radius 3 is 3.05 bits per heavy atom. The molecule has 4 nitrogen and oxygen atoms in total. The van der Waals surface area contributed by atoms with Gasteiger partial charge in [0.1, 0.15) is 5.01 Å². The lowest BCUT2D eigenvalue weighted by Gasteiger charge is -2.25. The van der Waals surface area contributed by atoms with Crippen molar-refractivity contribution in [3.63, 3.8) is 0 Å². The van der Waals surface area contributed by atoms with Crippen LogP contribution in [0.15, 0.2) is 5.38 Å². The minimum atomic E-state index is 0.766. The molecule has 2 saturated heterocycles. The van der Waals surface area contributed by atoms with Crippen LogP contribution in [0.2, 0.25) is 0 Å². The van der Waals surface area contributed by atoms with Crippen LogP contribution in [0.1, 0.15) is 36.9 Å². The summed E-state index contributed by atoms with van der Waals surface area (Å²) < 4.78 is 0. The first-order valence-electron chi connectivity index (χ1n) is 7.84. The zero-order valence-electron chi connectivity index (χ0n) is 12.6. The van der Waals surface area contributed by atoms with Gasteiger partial charge in [-0.05, 0) is 32.9 Å². The van der Waals surface area contributed by atoms with Gasteiger partial charge in [-0.25, -0.2) is 4.98 Å². The third-order valence-corrected chi connectivity index (χ3v) is 5.64. The first-order chi connectivity index (χ1) is 9.76. The number of nitrogens with one attached hydrogen (secondary N) is 1. The van der Waals surface area contributed by atoms with Gasteiger partial charge in [-0.1, -0.05) is 6.92 Å². The van der Waals surface area contributed by atoms with Crippen molar-refractivity contribution in [2.45, 2.75) is 51.4 Å². The van der Waals surface area contributed by atoms with Crippen molar-refractivity contribution in [2.24, 2.45) is 0 Å². The van der Waals surface area contributed by atoms with E-state index in [1.165, 1.54) is 43.1 Å². The quantitative estimate of drug-likeness (QED) is 0.899. The number of nitrogens with zero attached hydrogens (tertiary/aromatic N) is 3. The predicted molar refractivity (Wildman–Crippen MR) is 84.0 cm³/mol. The van der Waals surface area contributed by atoms with Crippen LogP contribution in [0.25, 0.3) is 0 Å². The summed E-state index contributed by atoms with van der Waals surface area (Å²) in [6.45, 7) is 7.53. The number of likely N-dealkylation sites (N-methyl/N-ethyl adjacent to an activating group) is 1. The fourth-order valence-electron chi connectivity index (χ4n) is 3.49. The normalized spacial score (nSPS) is 27.9. The zero-order valence-corrected chi connectivity index (χ0v) is 13.5. The zero-order chi connectivity index (χ0) is 13.9. The number of hydrogen-bond acceptors (Lipinski definition) is 5. The molecular formula is C15H26N4S. The Morgan fingerprint density at radius 2 is 2.20 bits per heavy atom. The predicted octanol–water partition coefficient (Wildman–Crippen LogP) is 1.92. The van der Waals surface area contributed by atoms with Crippen LogP contribution < -0.4 is 5.32 Å². The fourth-order valence-corrected chi connectivity index (χ4v) is 4.24. The van der Waals surface area contributed by atoms with Crippen LogP contribution in [-0.2, 0) is 13.1 Å². The third-order valence-electron chi connectivity index (χ3n) is 4.74. The van der Waals surface area contributed by atoms with Gasteiger partial charge in [0.25, 0.3) is 0 Å². The molecule has 3 rings (SSSR count). The molecule has 2 aliphatic rings. The molecule has 0 aromatic carbocycles. The molecule has 2 bridgehead atoms. The maximum absolute atomic E-state index is 4.75. The molecule has 3 heterocycles. The van der Waals surface area contributed by atoms with Gasteiger partial charge in [0.15, 0.2) is 0 Å². The van der Waals surface area contributed by atoms with Crippen molar-refractivity contribution in [1.82, 2.24) is 20.1 Å². The Hall–Kier alpha value is -0.490. The van der Waals surface area contributed by atoms with Gasteiger partial charge in [-0.2, -0.15) is 0 Å². The first kappa shape index (κ1) is 14.4. The summed E-state index contributed by atoms with van der Waals surface area (Å²) in [4.78, 5) is 9.97. The lowest BCUT2D eigenvalue weighted by atomic mass is 10.1. The number of hydrogen-bond donors (Lipinski definition) is 1. The van der Waals surface area contributed by atoms with E-state index in [0.29, 0.717) is 0 Å². The van der Waals surface area contributed by atoms with E-state index < -0.39 is 0 Å². The average molecular weight is 294 g/mol. The number of likely N-dealkylation sites (tertiary alicyclic amines) is 1. The molecule has 2 aliphatic heterocycles. The van der Waals surface area contributed by atoms with E-state index in [4.69, 9.17) is 4.98 Å². The minimum absolute atomic E-state index is 0.766. The molecule has 20 heavy (non-hydrogen) atoms. The summed E-state index contributed by atoms with van der Waals surface area (Å²) in [5.41, 5.74) is 1.25. The second-order valence-corrected chi connectivity index (χ2v) is 7.03. The highest BCUT2D eigenvalue weighted by Crippen LogP contribution is 2.29. The van der Waals surface area contributed by atoms with E-state index in [-0.39, 0.29) is 0 Å². The van der Waals surface area contributed by atoms with Gasteiger partial charge >= 0.3 is 0 Å². The molecule has 112 valence electrons. The second-order valence-electron chi connectivity index (χ2n) is 6.09. The van der Waals surface area contributed by atoms with Gasteiger partial charge in [0.2, 0.25) is 0 Å². The Morgan fingerprint density at radius 1 is 1.35 bits per heavy atom. The Labute approximate surface area is 126 Å². The van der Waals surface area contributed by atoms with Gasteiger partial charge in [0.05, 0.1) is 5.69 Å². The smallest absolute Gasteiger partial charge is 0.107 e. The topological polar surface area (TPSA) is 31.4 Å². The van der Waals surface area contributed by atoms with Crippen molar-refractivity contribution in [1.29, 1.82) is 0 Å². The largest absolute Gasteiger partial charge is 0.311 e. The van der Waals surface area contributed by atoms with Crippen molar-refractivity contribution >= 4 is 11.3 Å². The Kier molecular flexibility index (Phi) is 4.71. The highest BCUT2D eigenvalue weighted by atomic mass is 32.1. The standard InChI is InChI=1S/C15H26N4S/c1-3-16-8-15-17-12(11-20-15)9-19-7-6-13-4-5-14(10-19)18(13)2/h11,13-14,16H,3-10H2,1-2H3. The van der Waals surface area contributed by atoms with E-state index in [1.807, 2.05) is 0 Å². The first-order valence-corrected chi connectivity index (χ1v) is 8.72. The maximum Gasteiger partial charge on any atom is 0.107 e. The summed E-state index contributed by atoms with van der Waals surface area (Å²) in [5.74, 6) is 0. The van der Waals surface area contributed by atoms with Crippen molar-refractivity contribution in [2.75, 3.05) is 26.7 Å². The molecule has 0 spiro atoms. The van der Waals surface area contributed by atoms with Gasteiger partial charge < -0.3 is 5.32 Å². The van der Waals surface area contributed by atoms with E-state index in [0.717, 1.165) is 31.7 Å². The van der Waals surface area contributed by atoms with Crippen LogP contribution in [0.5, 0.6) is 0 Å². The highest BCUT2D eigenvalue weighted by molar-refractivity contribution is 7.09. The maximum atomic E-state index is 4.75. The fraction of sp³-hybridized carbons (Fsp3) is 0.800. The molecule has 0 saturated carbocycles. The molecule has 0 radical (unpaired) electrons. The summed E-state index contributed by atoms with van der Waals surface area (Å²) in [6.07, 6.45) is 4.10. The third kappa shape index (κ3) is 3.22. The van der Waals surface area contributed by atoms with Crippen molar-refractivity contribution < 1.29 is 0 Å². The van der Waals surface area contributed by atoms with Crippen molar-refractivity contribution in [3.05, 3.63) is 16.1 Å². The van der Waals surface area contributed by atoms with Gasteiger partial charge in [0, 0.05) is 43.6 Å². The summed E-state index contributed by atoms with van der Waals surface area (Å²) >= 11 is 1.79. The molecule has 1 aromatic rings. The van der Waals surface area contributed by atoms with E-state index in [9.17, 15) is 0 Å². The Balaban J connectivity index is 1.56. The summed E-state index contributed by atoms with van der Waals surface area (Å²) in [5, 5.41) is 6.80. The highest BCUT2D eigenvalue weighted by Gasteiger charge is 2.34. The SMILES string of the molecule is CCNCc1nc(CN2CCC3CCC(C2)N3C)cs1. The van der Waals surface area contributed by atoms with Crippen LogP contribution >= 0.6 is 11.3 Å². The van der Waals surface area contributed by atoms with E-state index in [1.54, 1.807) is 11.3 Å². The number of aromatic nitrogens is 1. The number of thiazole rings is 1. The molecule has 2 atom stereocenters. The van der Waals surface area contributed by atoms with Crippen LogP contribution in [0, 0.1) is 0 Å². The monoisotopic (exact) mass is 294 g/mol. The Bertz CT molecular complexity index is 433.